The van der Waals surface area contributed by atoms with Crippen molar-refractivity contribution in [3.05, 3.63) is 58.7 Å². The first-order chi connectivity index (χ1) is 11.5. The summed E-state index contributed by atoms with van der Waals surface area (Å²) in [6, 6.07) is 7.53. The number of carbonyl (C=O) groups is 1. The highest BCUT2D eigenvalue weighted by Crippen LogP contribution is 2.33. The molecule has 0 aliphatic carbocycles. The Balaban J connectivity index is 1.95. The van der Waals surface area contributed by atoms with E-state index in [1.807, 2.05) is 6.92 Å². The van der Waals surface area contributed by atoms with E-state index in [1.165, 1.54) is 12.1 Å². The molecule has 24 heavy (non-hydrogen) atoms. The van der Waals surface area contributed by atoms with E-state index in [-0.39, 0.29) is 24.3 Å². The summed E-state index contributed by atoms with van der Waals surface area (Å²) in [4.78, 5) is 14.7. The lowest BCUT2D eigenvalue weighted by Crippen LogP contribution is -2.32. The van der Waals surface area contributed by atoms with Crippen LogP contribution in [0.15, 0.2) is 30.3 Å². The van der Waals surface area contributed by atoms with E-state index in [0.717, 1.165) is 5.56 Å². The zero-order valence-corrected chi connectivity index (χ0v) is 13.7. The SMILES string of the molecule is CCc1nnc(C)cc1C(=O)N1C[C@@H](O)C[C@@H]1c1ccc(F)cc1. The fourth-order valence-corrected chi connectivity index (χ4v) is 3.15. The van der Waals surface area contributed by atoms with Gasteiger partial charge in [-0.15, -0.1) is 0 Å². The summed E-state index contributed by atoms with van der Waals surface area (Å²) in [6.45, 7) is 3.97. The van der Waals surface area contributed by atoms with Crippen molar-refractivity contribution in [2.24, 2.45) is 0 Å². The minimum absolute atomic E-state index is 0.171. The Morgan fingerprint density at radius 3 is 2.71 bits per heavy atom. The fourth-order valence-electron chi connectivity index (χ4n) is 3.15. The van der Waals surface area contributed by atoms with Gasteiger partial charge in [-0.1, -0.05) is 19.1 Å². The number of β-amino-alcohol motifs (C(OH)–C–C–N with tert-alkyl or cyclic N) is 1. The molecule has 0 unspecified atom stereocenters. The largest absolute Gasteiger partial charge is 0.391 e. The molecule has 1 aliphatic heterocycles. The van der Waals surface area contributed by atoms with Crippen LogP contribution in [0.1, 0.15) is 46.7 Å². The van der Waals surface area contributed by atoms with Crippen LogP contribution in [0, 0.1) is 12.7 Å². The maximum absolute atomic E-state index is 13.2. The number of aryl methyl sites for hydroxylation is 2. The minimum Gasteiger partial charge on any atom is -0.391 e. The second-order valence-corrected chi connectivity index (χ2v) is 6.11. The number of amides is 1. The lowest BCUT2D eigenvalue weighted by molar-refractivity contribution is 0.0713. The zero-order valence-electron chi connectivity index (χ0n) is 13.7. The number of nitrogens with zero attached hydrogens (tertiary/aromatic N) is 3. The van der Waals surface area contributed by atoms with Crippen LogP contribution in [0.2, 0.25) is 0 Å². The molecule has 0 spiro atoms. The Bertz CT molecular complexity index is 748. The maximum Gasteiger partial charge on any atom is 0.256 e. The van der Waals surface area contributed by atoms with Gasteiger partial charge in [-0.2, -0.15) is 10.2 Å². The highest BCUT2D eigenvalue weighted by Gasteiger charge is 2.36. The van der Waals surface area contributed by atoms with Gasteiger partial charge in [-0.3, -0.25) is 4.79 Å². The van der Waals surface area contributed by atoms with Crippen molar-refractivity contribution < 1.29 is 14.3 Å². The maximum atomic E-state index is 13.2. The Morgan fingerprint density at radius 1 is 1.33 bits per heavy atom. The normalized spacial score (nSPS) is 20.4. The predicted molar refractivity (Wildman–Crippen MR) is 86.9 cm³/mol. The smallest absolute Gasteiger partial charge is 0.256 e. The van der Waals surface area contributed by atoms with E-state index < -0.39 is 6.10 Å². The van der Waals surface area contributed by atoms with E-state index in [9.17, 15) is 14.3 Å². The van der Waals surface area contributed by atoms with Gasteiger partial charge in [0.25, 0.3) is 5.91 Å². The van der Waals surface area contributed by atoms with Gasteiger partial charge in [0.1, 0.15) is 5.82 Å². The van der Waals surface area contributed by atoms with Crippen molar-refractivity contribution in [1.29, 1.82) is 0 Å². The van der Waals surface area contributed by atoms with E-state index >= 15 is 0 Å². The van der Waals surface area contributed by atoms with Crippen LogP contribution < -0.4 is 0 Å². The number of benzene rings is 1. The Labute approximate surface area is 140 Å². The molecule has 1 amide bonds. The lowest BCUT2D eigenvalue weighted by Gasteiger charge is -2.25. The van der Waals surface area contributed by atoms with Crippen molar-refractivity contribution in [3.8, 4) is 0 Å². The standard InChI is InChI=1S/C18H20FN3O2/c1-3-16-15(8-11(2)20-21-16)18(24)22-10-14(23)9-17(22)12-4-6-13(19)7-5-12/h4-8,14,17,23H,3,9-10H2,1-2H3/t14-,17+/m0/s1. The number of aliphatic hydroxyl groups is 1. The van der Waals surface area contributed by atoms with Crippen LogP contribution >= 0.6 is 0 Å². The Hall–Kier alpha value is -2.34. The van der Waals surface area contributed by atoms with Gasteiger partial charge < -0.3 is 10.0 Å². The zero-order chi connectivity index (χ0) is 17.3. The van der Waals surface area contributed by atoms with E-state index in [1.54, 1.807) is 30.0 Å². The number of aromatic nitrogens is 2. The van der Waals surface area contributed by atoms with Gasteiger partial charge in [0.15, 0.2) is 0 Å². The topological polar surface area (TPSA) is 66.3 Å². The number of hydrogen-bond acceptors (Lipinski definition) is 4. The van der Waals surface area contributed by atoms with Gasteiger partial charge in [0, 0.05) is 6.54 Å². The average Bonchev–Trinajstić information content (AvgIpc) is 2.96. The summed E-state index contributed by atoms with van der Waals surface area (Å²) in [5.74, 6) is -0.492. The van der Waals surface area contributed by atoms with Gasteiger partial charge in [-0.05, 0) is 43.5 Å². The molecular weight excluding hydrogens is 309 g/mol. The third-order valence-corrected chi connectivity index (χ3v) is 4.35. The van der Waals surface area contributed by atoms with Crippen LogP contribution in [-0.4, -0.2) is 38.8 Å². The quantitative estimate of drug-likeness (QED) is 0.939. The van der Waals surface area contributed by atoms with Gasteiger partial charge >= 0.3 is 0 Å². The van der Waals surface area contributed by atoms with Crippen LogP contribution in [-0.2, 0) is 6.42 Å². The Morgan fingerprint density at radius 2 is 2.04 bits per heavy atom. The average molecular weight is 329 g/mol. The fraction of sp³-hybridized carbons (Fsp3) is 0.389. The van der Waals surface area contributed by atoms with Crippen LogP contribution in [0.3, 0.4) is 0 Å². The molecule has 2 heterocycles. The monoisotopic (exact) mass is 329 g/mol. The number of aliphatic hydroxyl groups excluding tert-OH is 1. The molecule has 2 atom stereocenters. The van der Waals surface area contributed by atoms with Crippen molar-refractivity contribution in [2.45, 2.75) is 38.8 Å². The van der Waals surface area contributed by atoms with Gasteiger partial charge in [0.2, 0.25) is 0 Å². The molecule has 6 heteroatoms. The number of carbonyl (C=O) groups excluding carboxylic acids is 1. The molecule has 5 nitrogen and oxygen atoms in total. The highest BCUT2D eigenvalue weighted by atomic mass is 19.1. The molecule has 2 aromatic rings. The molecule has 1 saturated heterocycles. The molecule has 1 aliphatic rings. The lowest BCUT2D eigenvalue weighted by atomic mass is 10.0. The molecule has 0 bridgehead atoms. The van der Waals surface area contributed by atoms with Crippen molar-refractivity contribution >= 4 is 5.91 Å². The molecule has 1 fully saturated rings. The van der Waals surface area contributed by atoms with Crippen LogP contribution in [0.25, 0.3) is 0 Å². The molecule has 3 rings (SSSR count). The third kappa shape index (κ3) is 3.14. The minimum atomic E-state index is -0.593. The second-order valence-electron chi connectivity index (χ2n) is 6.11. The van der Waals surface area contributed by atoms with Gasteiger partial charge in [0.05, 0.1) is 29.1 Å². The molecule has 0 radical (unpaired) electrons. The summed E-state index contributed by atoms with van der Waals surface area (Å²) >= 11 is 0. The molecule has 1 aromatic carbocycles. The van der Waals surface area contributed by atoms with Crippen molar-refractivity contribution in [2.75, 3.05) is 6.54 Å². The molecule has 0 saturated carbocycles. The van der Waals surface area contributed by atoms with Crippen LogP contribution in [0.4, 0.5) is 4.39 Å². The summed E-state index contributed by atoms with van der Waals surface area (Å²) in [6.07, 6.45) is 0.451. The molecular formula is C18H20FN3O2. The summed E-state index contributed by atoms with van der Waals surface area (Å²) in [7, 11) is 0. The van der Waals surface area contributed by atoms with E-state index in [2.05, 4.69) is 10.2 Å². The predicted octanol–water partition coefficient (Wildman–Crippen LogP) is 2.43. The summed E-state index contributed by atoms with van der Waals surface area (Å²) < 4.78 is 13.2. The molecule has 1 aromatic heterocycles. The second kappa shape index (κ2) is 6.65. The molecule has 1 N–H and O–H groups in total. The van der Waals surface area contributed by atoms with E-state index in [0.29, 0.717) is 29.8 Å². The molecule has 126 valence electrons. The first kappa shape index (κ1) is 16.5. The third-order valence-electron chi connectivity index (χ3n) is 4.35. The van der Waals surface area contributed by atoms with E-state index in [4.69, 9.17) is 0 Å². The first-order valence-electron chi connectivity index (χ1n) is 8.07. The number of halogens is 1. The van der Waals surface area contributed by atoms with Crippen molar-refractivity contribution in [1.82, 2.24) is 15.1 Å². The number of rotatable bonds is 3. The number of likely N-dealkylation sites (tertiary alicyclic amines) is 1. The first-order valence-corrected chi connectivity index (χ1v) is 8.07. The van der Waals surface area contributed by atoms with Crippen molar-refractivity contribution in [3.63, 3.8) is 0 Å². The highest BCUT2D eigenvalue weighted by molar-refractivity contribution is 5.95. The summed E-state index contributed by atoms with van der Waals surface area (Å²) in [5, 5.41) is 18.2. The van der Waals surface area contributed by atoms with Crippen LogP contribution in [0.5, 0.6) is 0 Å². The number of hydrogen-bond donors (Lipinski definition) is 1. The Kier molecular flexibility index (Phi) is 4.57. The van der Waals surface area contributed by atoms with Gasteiger partial charge in [-0.25, -0.2) is 4.39 Å². The summed E-state index contributed by atoms with van der Waals surface area (Å²) in [5.41, 5.74) is 2.66.